The summed E-state index contributed by atoms with van der Waals surface area (Å²) in [6.45, 7) is 6.05. The van der Waals surface area contributed by atoms with Gasteiger partial charge in [-0.25, -0.2) is 0 Å². The predicted octanol–water partition coefficient (Wildman–Crippen LogP) is 6.86. The normalized spacial score (nSPS) is 11.3. The van der Waals surface area contributed by atoms with Crippen LogP contribution in [0, 0.1) is 0 Å². The molecule has 13 nitrogen and oxygen atoms in total. The molecular formula is C46H45N9O4. The Morgan fingerprint density at radius 2 is 1.00 bits per heavy atom. The lowest BCUT2D eigenvalue weighted by Gasteiger charge is -2.18. The van der Waals surface area contributed by atoms with Gasteiger partial charge in [-0.05, 0) is 75.4 Å². The number of carbonyl (C=O) groups excluding carboxylic acids is 4. The molecule has 1 atom stereocenters. The Morgan fingerprint density at radius 3 is 1.53 bits per heavy atom. The summed E-state index contributed by atoms with van der Waals surface area (Å²) in [5.41, 5.74) is 7.78. The highest BCUT2D eigenvalue weighted by molar-refractivity contribution is 5.98. The number of amides is 3. The molecule has 0 aliphatic rings. The molecule has 59 heavy (non-hydrogen) atoms. The second-order valence-electron chi connectivity index (χ2n) is 14.1. The highest BCUT2D eigenvalue weighted by atomic mass is 16.2. The molecule has 6 heterocycles. The van der Waals surface area contributed by atoms with Gasteiger partial charge < -0.3 is 16.0 Å². The minimum atomic E-state index is -0.764. The first-order chi connectivity index (χ1) is 28.7. The van der Waals surface area contributed by atoms with Gasteiger partial charge in [0.2, 0.25) is 5.91 Å². The van der Waals surface area contributed by atoms with E-state index in [4.69, 9.17) is 0 Å². The minimum absolute atomic E-state index is 0.115. The number of hydrogen-bond donors (Lipinski definition) is 3. The van der Waals surface area contributed by atoms with Crippen molar-refractivity contribution < 1.29 is 19.2 Å². The first kappa shape index (κ1) is 41.4. The third-order valence-electron chi connectivity index (χ3n) is 9.56. The molecule has 0 spiro atoms. The van der Waals surface area contributed by atoms with Gasteiger partial charge in [0.1, 0.15) is 0 Å². The molecule has 6 rings (SSSR count). The smallest absolute Gasteiger partial charge is 0.253 e. The van der Waals surface area contributed by atoms with Crippen LogP contribution in [0.1, 0.15) is 66.2 Å². The van der Waals surface area contributed by atoms with E-state index < -0.39 is 11.9 Å². The van der Waals surface area contributed by atoms with Crippen LogP contribution < -0.4 is 16.0 Å². The molecule has 0 fully saturated rings. The summed E-state index contributed by atoms with van der Waals surface area (Å²) >= 11 is 0. The van der Waals surface area contributed by atoms with E-state index in [-0.39, 0.29) is 24.0 Å². The largest absolute Gasteiger partial charge is 0.352 e. The first-order valence-electron chi connectivity index (χ1n) is 19.4. The van der Waals surface area contributed by atoms with Gasteiger partial charge >= 0.3 is 0 Å². The number of nitrogens with zero attached hydrogens (tertiary/aromatic N) is 6. The van der Waals surface area contributed by atoms with Gasteiger partial charge in [0.25, 0.3) is 11.8 Å². The quantitative estimate of drug-likeness (QED) is 0.0580. The molecule has 0 saturated carbocycles. The third kappa shape index (κ3) is 11.9. The van der Waals surface area contributed by atoms with E-state index in [1.807, 2.05) is 36.4 Å². The van der Waals surface area contributed by atoms with Gasteiger partial charge in [0.05, 0.1) is 17.2 Å². The molecule has 0 aliphatic carbocycles. The van der Waals surface area contributed by atoms with Gasteiger partial charge in [0, 0.05) is 144 Å². The Balaban J connectivity index is 1.06. The summed E-state index contributed by atoms with van der Waals surface area (Å²) < 4.78 is 0. The molecule has 6 aromatic heterocycles. The van der Waals surface area contributed by atoms with Crippen molar-refractivity contribution in [1.29, 1.82) is 0 Å². The summed E-state index contributed by atoms with van der Waals surface area (Å²) in [7, 11) is 0. The Kier molecular flexibility index (Phi) is 14.6. The molecule has 3 N–H and O–H groups in total. The zero-order chi connectivity index (χ0) is 41.4. The minimum Gasteiger partial charge on any atom is -0.352 e. The standard InChI is InChI=1S/C46H45N9O4/c1-31(2)44(57)53-15-6-4-12-43(56)42(55-46(59)41-20-39(28-52-30-41)37-18-35(24-50-26-37)33-10-8-14-48-22-33)11-3-5-16-54-45(58)40-19-38(27-51-29-40)36-17-34(23-49-25-36)32-9-7-13-47-21-32/h7-10,13-14,17-30,42H,1,3-6,11-12,15-16H2,2H3,(H,53,57)(H,54,58)(H,55,59). The average molecular weight is 788 g/mol. The molecule has 0 aliphatic heterocycles. The van der Waals surface area contributed by atoms with Crippen LogP contribution in [0.5, 0.6) is 0 Å². The fourth-order valence-electron chi connectivity index (χ4n) is 6.31. The van der Waals surface area contributed by atoms with E-state index in [2.05, 4.69) is 52.4 Å². The Morgan fingerprint density at radius 1 is 0.542 bits per heavy atom. The summed E-state index contributed by atoms with van der Waals surface area (Å²) in [4.78, 5) is 78.0. The van der Waals surface area contributed by atoms with Crippen molar-refractivity contribution in [3.8, 4) is 44.5 Å². The monoisotopic (exact) mass is 787 g/mol. The van der Waals surface area contributed by atoms with Crippen molar-refractivity contribution in [3.63, 3.8) is 0 Å². The summed E-state index contributed by atoms with van der Waals surface area (Å²) in [5.74, 6) is -1.04. The second kappa shape index (κ2) is 20.8. The SMILES string of the molecule is C=C(C)C(=O)NCCCCC(=O)C(CCCCNC(=O)c1cncc(-c2cncc(-c3cccnc3)c2)c1)NC(=O)c1cncc(-c2cncc(-c3cccnc3)c2)c1. The van der Waals surface area contributed by atoms with E-state index in [0.717, 1.165) is 38.9 Å². The molecule has 0 bridgehead atoms. The fourth-order valence-corrected chi connectivity index (χ4v) is 6.31. The topological polar surface area (TPSA) is 182 Å². The number of rotatable bonds is 19. The van der Waals surface area contributed by atoms with Crippen LogP contribution in [0.3, 0.4) is 0 Å². The van der Waals surface area contributed by atoms with Crippen LogP contribution in [0.15, 0.2) is 135 Å². The third-order valence-corrected chi connectivity index (χ3v) is 9.56. The number of unbranched alkanes of at least 4 members (excludes halogenated alkanes) is 2. The Hall–Kier alpha value is -7.28. The van der Waals surface area contributed by atoms with Gasteiger partial charge in [-0.1, -0.05) is 18.7 Å². The van der Waals surface area contributed by atoms with Crippen molar-refractivity contribution in [2.75, 3.05) is 13.1 Å². The van der Waals surface area contributed by atoms with Crippen molar-refractivity contribution in [2.45, 2.75) is 51.5 Å². The van der Waals surface area contributed by atoms with Crippen molar-refractivity contribution in [2.24, 2.45) is 0 Å². The number of ketones is 1. The van der Waals surface area contributed by atoms with E-state index in [0.29, 0.717) is 67.5 Å². The van der Waals surface area contributed by atoms with Crippen LogP contribution in [-0.4, -0.2) is 72.5 Å². The van der Waals surface area contributed by atoms with Gasteiger partial charge in [-0.2, -0.15) is 0 Å². The number of nitrogens with one attached hydrogen (secondary N) is 3. The lowest BCUT2D eigenvalue weighted by molar-refractivity contribution is -0.121. The number of Topliss-reactive ketones (excluding diaryl/α,β-unsaturated/α-hetero) is 1. The van der Waals surface area contributed by atoms with E-state index in [1.165, 1.54) is 12.4 Å². The summed E-state index contributed by atoms with van der Waals surface area (Å²) in [6.07, 6.45) is 23.1. The second-order valence-corrected chi connectivity index (χ2v) is 14.1. The molecule has 1 unspecified atom stereocenters. The van der Waals surface area contributed by atoms with Crippen LogP contribution in [0.4, 0.5) is 0 Å². The predicted molar refractivity (Wildman–Crippen MR) is 226 cm³/mol. The highest BCUT2D eigenvalue weighted by Crippen LogP contribution is 2.26. The summed E-state index contributed by atoms with van der Waals surface area (Å²) in [5, 5.41) is 8.68. The molecule has 3 amide bonds. The maximum Gasteiger partial charge on any atom is 0.253 e. The number of pyridine rings is 6. The van der Waals surface area contributed by atoms with E-state index >= 15 is 0 Å². The average Bonchev–Trinajstić information content (AvgIpc) is 3.28. The van der Waals surface area contributed by atoms with Crippen LogP contribution >= 0.6 is 0 Å². The van der Waals surface area contributed by atoms with Gasteiger partial charge in [-0.3, -0.25) is 49.1 Å². The molecule has 6 aromatic rings. The number of hydrogen-bond acceptors (Lipinski definition) is 10. The number of aromatic nitrogens is 6. The molecule has 298 valence electrons. The molecular weight excluding hydrogens is 743 g/mol. The van der Waals surface area contributed by atoms with Crippen molar-refractivity contribution in [1.82, 2.24) is 45.9 Å². The molecule has 13 heteroatoms. The van der Waals surface area contributed by atoms with Crippen molar-refractivity contribution in [3.05, 3.63) is 146 Å². The maximum absolute atomic E-state index is 13.6. The van der Waals surface area contributed by atoms with Crippen LogP contribution in [0.2, 0.25) is 0 Å². The van der Waals surface area contributed by atoms with Crippen molar-refractivity contribution >= 4 is 23.5 Å². The maximum atomic E-state index is 13.6. The molecule has 0 saturated heterocycles. The first-order valence-corrected chi connectivity index (χ1v) is 19.4. The van der Waals surface area contributed by atoms with Gasteiger partial charge in [0.15, 0.2) is 5.78 Å². The van der Waals surface area contributed by atoms with Crippen LogP contribution in [-0.2, 0) is 9.59 Å². The molecule has 0 radical (unpaired) electrons. The lowest BCUT2D eigenvalue weighted by atomic mass is 9.99. The fraction of sp³-hybridized carbons (Fsp3) is 0.217. The van der Waals surface area contributed by atoms with E-state index in [9.17, 15) is 19.2 Å². The summed E-state index contributed by atoms with van der Waals surface area (Å²) in [6, 6.07) is 14.3. The Bertz CT molecular complexity index is 2410. The lowest BCUT2D eigenvalue weighted by Crippen LogP contribution is -2.41. The zero-order valence-electron chi connectivity index (χ0n) is 32.8. The molecule has 0 aromatic carbocycles. The number of carbonyl (C=O) groups is 4. The Labute approximate surface area is 342 Å². The highest BCUT2D eigenvalue weighted by Gasteiger charge is 2.22. The van der Waals surface area contributed by atoms with Crippen LogP contribution in [0.25, 0.3) is 44.5 Å². The van der Waals surface area contributed by atoms with Gasteiger partial charge in [-0.15, -0.1) is 0 Å². The zero-order valence-corrected chi connectivity index (χ0v) is 32.8. The van der Waals surface area contributed by atoms with E-state index in [1.54, 1.807) is 81.0 Å².